The van der Waals surface area contributed by atoms with Crippen LogP contribution >= 0.6 is 22.9 Å². The SMILES string of the molecule is CC1(C)CCCC(NCCc2ccc(Cl)s2)CC1. The fraction of sp³-hybridized carbons (Fsp3) is 0.733. The number of halogens is 1. The minimum atomic E-state index is 0.553. The van der Waals surface area contributed by atoms with Crippen molar-refractivity contribution in [2.45, 2.75) is 58.4 Å². The van der Waals surface area contributed by atoms with E-state index < -0.39 is 0 Å². The van der Waals surface area contributed by atoms with Crippen LogP contribution in [0.4, 0.5) is 0 Å². The smallest absolute Gasteiger partial charge is 0.0931 e. The maximum absolute atomic E-state index is 5.94. The average molecular weight is 286 g/mol. The fourth-order valence-electron chi connectivity index (χ4n) is 2.75. The standard InChI is InChI=1S/C15H24ClNS/c1-15(2)9-3-4-12(7-10-15)17-11-8-13-5-6-14(16)18-13/h5-6,12,17H,3-4,7-11H2,1-2H3. The van der Waals surface area contributed by atoms with Crippen molar-refractivity contribution in [3.05, 3.63) is 21.3 Å². The van der Waals surface area contributed by atoms with E-state index in [1.54, 1.807) is 11.3 Å². The monoisotopic (exact) mass is 285 g/mol. The Morgan fingerprint density at radius 3 is 2.89 bits per heavy atom. The van der Waals surface area contributed by atoms with E-state index in [2.05, 4.69) is 25.2 Å². The van der Waals surface area contributed by atoms with E-state index in [4.69, 9.17) is 11.6 Å². The average Bonchev–Trinajstić information content (AvgIpc) is 2.63. The van der Waals surface area contributed by atoms with Crippen LogP contribution in [0.15, 0.2) is 12.1 Å². The molecule has 1 aromatic heterocycles. The van der Waals surface area contributed by atoms with Gasteiger partial charge in [-0.2, -0.15) is 0 Å². The number of hydrogen-bond acceptors (Lipinski definition) is 2. The summed E-state index contributed by atoms with van der Waals surface area (Å²) < 4.78 is 0.904. The van der Waals surface area contributed by atoms with E-state index in [0.717, 1.165) is 23.3 Å². The zero-order valence-electron chi connectivity index (χ0n) is 11.5. The second-order valence-corrected chi connectivity index (χ2v) is 8.00. The van der Waals surface area contributed by atoms with Gasteiger partial charge in [0.25, 0.3) is 0 Å². The van der Waals surface area contributed by atoms with Crippen molar-refractivity contribution < 1.29 is 0 Å². The Hall–Kier alpha value is -0.0500. The molecule has 0 spiro atoms. The molecule has 1 nitrogen and oxygen atoms in total. The lowest BCUT2D eigenvalue weighted by Crippen LogP contribution is -2.30. The molecule has 0 aromatic carbocycles. The summed E-state index contributed by atoms with van der Waals surface area (Å²) in [5.41, 5.74) is 0.553. The van der Waals surface area contributed by atoms with E-state index in [0.29, 0.717) is 5.41 Å². The van der Waals surface area contributed by atoms with Crippen molar-refractivity contribution in [2.75, 3.05) is 6.54 Å². The molecule has 0 aliphatic heterocycles. The summed E-state index contributed by atoms with van der Waals surface area (Å²) >= 11 is 7.64. The summed E-state index contributed by atoms with van der Waals surface area (Å²) in [6.45, 7) is 5.90. The second kappa shape index (κ2) is 6.40. The molecule has 0 amide bonds. The quantitative estimate of drug-likeness (QED) is 0.777. The van der Waals surface area contributed by atoms with Gasteiger partial charge in [0, 0.05) is 17.5 Å². The van der Waals surface area contributed by atoms with E-state index in [9.17, 15) is 0 Å². The number of thiophene rings is 1. The Morgan fingerprint density at radius 1 is 1.33 bits per heavy atom. The molecule has 1 fully saturated rings. The van der Waals surface area contributed by atoms with Crippen LogP contribution in [-0.2, 0) is 6.42 Å². The molecular weight excluding hydrogens is 262 g/mol. The summed E-state index contributed by atoms with van der Waals surface area (Å²) in [7, 11) is 0. The molecular formula is C15H24ClNS. The minimum Gasteiger partial charge on any atom is -0.314 e. The third-order valence-corrected chi connectivity index (χ3v) is 5.30. The first kappa shape index (κ1) is 14.4. The van der Waals surface area contributed by atoms with Gasteiger partial charge in [-0.15, -0.1) is 11.3 Å². The highest BCUT2D eigenvalue weighted by atomic mass is 35.5. The van der Waals surface area contributed by atoms with Crippen LogP contribution < -0.4 is 5.32 Å². The van der Waals surface area contributed by atoms with E-state index >= 15 is 0 Å². The summed E-state index contributed by atoms with van der Waals surface area (Å²) in [5, 5.41) is 3.72. The van der Waals surface area contributed by atoms with Gasteiger partial charge >= 0.3 is 0 Å². The van der Waals surface area contributed by atoms with Crippen LogP contribution in [0.25, 0.3) is 0 Å². The molecule has 1 atom stereocenters. The van der Waals surface area contributed by atoms with Gasteiger partial charge < -0.3 is 5.32 Å². The first-order valence-corrected chi connectivity index (χ1v) is 8.22. The lowest BCUT2D eigenvalue weighted by Gasteiger charge is -2.22. The van der Waals surface area contributed by atoms with Gasteiger partial charge in [0.15, 0.2) is 0 Å². The van der Waals surface area contributed by atoms with Crippen LogP contribution in [0.2, 0.25) is 4.34 Å². The van der Waals surface area contributed by atoms with Crippen molar-refractivity contribution >= 4 is 22.9 Å². The summed E-state index contributed by atoms with van der Waals surface area (Å²) in [5.74, 6) is 0. The van der Waals surface area contributed by atoms with Gasteiger partial charge in [-0.05, 0) is 49.7 Å². The predicted molar refractivity (Wildman–Crippen MR) is 81.7 cm³/mol. The first-order chi connectivity index (χ1) is 8.55. The molecule has 2 rings (SSSR count). The van der Waals surface area contributed by atoms with Crippen LogP contribution in [0.3, 0.4) is 0 Å². The van der Waals surface area contributed by atoms with E-state index in [-0.39, 0.29) is 0 Å². The highest BCUT2D eigenvalue weighted by molar-refractivity contribution is 7.16. The Morgan fingerprint density at radius 2 is 2.17 bits per heavy atom. The third-order valence-electron chi connectivity index (χ3n) is 4.01. The van der Waals surface area contributed by atoms with Crippen LogP contribution in [-0.4, -0.2) is 12.6 Å². The molecule has 1 saturated carbocycles. The largest absolute Gasteiger partial charge is 0.314 e. The summed E-state index contributed by atoms with van der Waals surface area (Å²) in [6, 6.07) is 4.86. The molecule has 1 aliphatic carbocycles. The fourth-order valence-corrected chi connectivity index (χ4v) is 3.84. The molecule has 1 aromatic rings. The van der Waals surface area contributed by atoms with Gasteiger partial charge in [0.1, 0.15) is 0 Å². The Labute approximate surface area is 120 Å². The van der Waals surface area contributed by atoms with Crippen molar-refractivity contribution in [1.82, 2.24) is 5.32 Å². The Kier molecular flexibility index (Phi) is 5.11. The molecule has 1 aliphatic rings. The number of hydrogen-bond donors (Lipinski definition) is 1. The maximum Gasteiger partial charge on any atom is 0.0931 e. The van der Waals surface area contributed by atoms with Crippen LogP contribution in [0, 0.1) is 5.41 Å². The number of rotatable bonds is 4. The van der Waals surface area contributed by atoms with Crippen molar-refractivity contribution in [3.8, 4) is 0 Å². The van der Waals surface area contributed by atoms with Gasteiger partial charge in [0.05, 0.1) is 4.34 Å². The van der Waals surface area contributed by atoms with Gasteiger partial charge in [0.2, 0.25) is 0 Å². The van der Waals surface area contributed by atoms with E-state index in [1.807, 2.05) is 6.07 Å². The third kappa shape index (κ3) is 4.56. The van der Waals surface area contributed by atoms with Crippen molar-refractivity contribution in [3.63, 3.8) is 0 Å². The normalized spacial score (nSPS) is 23.8. The lowest BCUT2D eigenvalue weighted by molar-refractivity contribution is 0.310. The Balaban J connectivity index is 1.70. The van der Waals surface area contributed by atoms with Gasteiger partial charge in [-0.3, -0.25) is 0 Å². The molecule has 18 heavy (non-hydrogen) atoms. The molecule has 3 heteroatoms. The molecule has 102 valence electrons. The number of nitrogens with one attached hydrogen (secondary N) is 1. The molecule has 1 heterocycles. The van der Waals surface area contributed by atoms with Gasteiger partial charge in [-0.1, -0.05) is 31.9 Å². The molecule has 0 saturated heterocycles. The maximum atomic E-state index is 5.94. The van der Waals surface area contributed by atoms with Crippen molar-refractivity contribution in [2.24, 2.45) is 5.41 Å². The summed E-state index contributed by atoms with van der Waals surface area (Å²) in [6.07, 6.45) is 7.89. The predicted octanol–water partition coefficient (Wildman–Crippen LogP) is 4.89. The Bertz CT molecular complexity index is 372. The second-order valence-electron chi connectivity index (χ2n) is 6.20. The molecule has 1 N–H and O–H groups in total. The minimum absolute atomic E-state index is 0.553. The van der Waals surface area contributed by atoms with Gasteiger partial charge in [-0.25, -0.2) is 0 Å². The lowest BCUT2D eigenvalue weighted by atomic mass is 9.85. The first-order valence-electron chi connectivity index (χ1n) is 7.03. The molecule has 1 unspecified atom stereocenters. The zero-order chi connectivity index (χ0) is 13.0. The molecule has 0 bridgehead atoms. The highest BCUT2D eigenvalue weighted by Gasteiger charge is 2.23. The summed E-state index contributed by atoms with van der Waals surface area (Å²) in [4.78, 5) is 1.39. The topological polar surface area (TPSA) is 12.0 Å². The molecule has 0 radical (unpaired) electrons. The van der Waals surface area contributed by atoms with Crippen molar-refractivity contribution in [1.29, 1.82) is 0 Å². The van der Waals surface area contributed by atoms with Crippen LogP contribution in [0.5, 0.6) is 0 Å². The highest BCUT2D eigenvalue weighted by Crippen LogP contribution is 2.33. The zero-order valence-corrected chi connectivity index (χ0v) is 13.0. The van der Waals surface area contributed by atoms with E-state index in [1.165, 1.54) is 37.0 Å². The van der Waals surface area contributed by atoms with Crippen LogP contribution in [0.1, 0.15) is 50.8 Å².